The third-order valence-corrected chi connectivity index (χ3v) is 3.96. The monoisotopic (exact) mass is 348 g/mol. The molecule has 0 radical (unpaired) electrons. The molecule has 9 heteroatoms. The molecule has 3 aromatic heterocycles. The summed E-state index contributed by atoms with van der Waals surface area (Å²) in [5.74, 6) is 0.143. The number of aryl methyl sites for hydroxylation is 2. The number of hydrogen-bond donors (Lipinski definition) is 2. The lowest BCUT2D eigenvalue weighted by atomic mass is 10.3. The zero-order valence-electron chi connectivity index (χ0n) is 12.4. The first-order chi connectivity index (χ1) is 11.0. The number of aromatic nitrogens is 4. The number of pyridine rings is 1. The second-order valence-corrected chi connectivity index (χ2v) is 6.40. The Hall–Kier alpha value is -2.45. The standard InChI is InChI=1S/C14H13ClN6OS/c1-8-17-12(13(22)19-11-3-4-21(2)20-11)14(23-8)18-10-5-9(15)6-16-7-10/h3-7,18H,1-2H3,(H,19,20,22). The summed E-state index contributed by atoms with van der Waals surface area (Å²) in [5.41, 5.74) is 0.992. The van der Waals surface area contributed by atoms with E-state index in [1.54, 1.807) is 42.5 Å². The van der Waals surface area contributed by atoms with Crippen LogP contribution in [0.4, 0.5) is 16.5 Å². The number of amides is 1. The van der Waals surface area contributed by atoms with Crippen molar-refractivity contribution in [3.05, 3.63) is 46.4 Å². The molecule has 3 aromatic rings. The zero-order chi connectivity index (χ0) is 16.4. The lowest BCUT2D eigenvalue weighted by Crippen LogP contribution is -2.14. The molecule has 0 saturated carbocycles. The topological polar surface area (TPSA) is 84.7 Å². The van der Waals surface area contributed by atoms with Gasteiger partial charge in [-0.1, -0.05) is 11.6 Å². The number of hydrogen-bond acceptors (Lipinski definition) is 6. The van der Waals surface area contributed by atoms with Crippen LogP contribution in [0.25, 0.3) is 0 Å². The van der Waals surface area contributed by atoms with Gasteiger partial charge in [0.15, 0.2) is 11.5 Å². The summed E-state index contributed by atoms with van der Waals surface area (Å²) in [6.45, 7) is 1.84. The number of rotatable bonds is 4. The molecule has 0 aliphatic rings. The summed E-state index contributed by atoms with van der Waals surface area (Å²) >= 11 is 7.30. The Morgan fingerprint density at radius 3 is 2.91 bits per heavy atom. The fourth-order valence-corrected chi connectivity index (χ4v) is 2.94. The summed E-state index contributed by atoms with van der Waals surface area (Å²) in [5, 5.41) is 11.9. The van der Waals surface area contributed by atoms with Crippen LogP contribution in [-0.2, 0) is 7.05 Å². The van der Waals surface area contributed by atoms with Crippen LogP contribution < -0.4 is 10.6 Å². The van der Waals surface area contributed by atoms with E-state index in [0.717, 1.165) is 5.01 Å². The third kappa shape index (κ3) is 3.66. The van der Waals surface area contributed by atoms with E-state index in [9.17, 15) is 4.79 Å². The van der Waals surface area contributed by atoms with Crippen LogP contribution in [0.2, 0.25) is 5.02 Å². The Morgan fingerprint density at radius 1 is 1.39 bits per heavy atom. The van der Waals surface area contributed by atoms with Crippen molar-refractivity contribution in [3.8, 4) is 0 Å². The number of halogens is 1. The third-order valence-electron chi connectivity index (χ3n) is 2.87. The van der Waals surface area contributed by atoms with Crippen molar-refractivity contribution in [1.82, 2.24) is 19.7 Å². The van der Waals surface area contributed by atoms with E-state index in [2.05, 4.69) is 25.7 Å². The van der Waals surface area contributed by atoms with E-state index >= 15 is 0 Å². The first-order valence-corrected chi connectivity index (χ1v) is 7.87. The zero-order valence-corrected chi connectivity index (χ0v) is 13.9. The number of thiazole rings is 1. The summed E-state index contributed by atoms with van der Waals surface area (Å²) in [7, 11) is 1.78. The van der Waals surface area contributed by atoms with Gasteiger partial charge in [-0.15, -0.1) is 11.3 Å². The van der Waals surface area contributed by atoms with Gasteiger partial charge in [0.25, 0.3) is 5.91 Å². The summed E-state index contributed by atoms with van der Waals surface area (Å²) in [4.78, 5) is 20.7. The van der Waals surface area contributed by atoms with E-state index in [4.69, 9.17) is 11.6 Å². The second-order valence-electron chi connectivity index (χ2n) is 4.76. The highest BCUT2D eigenvalue weighted by Crippen LogP contribution is 2.29. The van der Waals surface area contributed by atoms with Gasteiger partial charge in [0.1, 0.15) is 5.00 Å². The molecule has 0 unspecified atom stereocenters. The van der Waals surface area contributed by atoms with Crippen LogP contribution in [-0.4, -0.2) is 25.7 Å². The van der Waals surface area contributed by atoms with E-state index in [0.29, 0.717) is 27.2 Å². The minimum absolute atomic E-state index is 0.304. The number of nitrogens with one attached hydrogen (secondary N) is 2. The van der Waals surface area contributed by atoms with Crippen LogP contribution in [0.3, 0.4) is 0 Å². The van der Waals surface area contributed by atoms with E-state index in [1.807, 2.05) is 6.92 Å². The maximum Gasteiger partial charge on any atom is 0.278 e. The molecule has 1 amide bonds. The van der Waals surface area contributed by atoms with Crippen LogP contribution in [0.5, 0.6) is 0 Å². The molecule has 0 aliphatic heterocycles. The Kier molecular flexibility index (Phi) is 4.26. The van der Waals surface area contributed by atoms with E-state index in [-0.39, 0.29) is 5.91 Å². The van der Waals surface area contributed by atoms with Crippen molar-refractivity contribution in [1.29, 1.82) is 0 Å². The summed E-state index contributed by atoms with van der Waals surface area (Å²) < 4.78 is 1.61. The summed E-state index contributed by atoms with van der Waals surface area (Å²) in [6.07, 6.45) is 4.92. The number of nitrogens with zero attached hydrogens (tertiary/aromatic N) is 4. The highest BCUT2D eigenvalue weighted by molar-refractivity contribution is 7.16. The second kappa shape index (κ2) is 6.35. The van der Waals surface area contributed by atoms with Crippen molar-refractivity contribution in [2.45, 2.75) is 6.92 Å². The molecule has 0 saturated heterocycles. The molecular formula is C14H13ClN6OS. The highest BCUT2D eigenvalue weighted by Gasteiger charge is 2.18. The van der Waals surface area contributed by atoms with Gasteiger partial charge in [0.2, 0.25) is 0 Å². The Balaban J connectivity index is 1.83. The van der Waals surface area contributed by atoms with Gasteiger partial charge in [0.05, 0.1) is 21.9 Å². The van der Waals surface area contributed by atoms with Crippen LogP contribution in [0.15, 0.2) is 30.7 Å². The molecule has 7 nitrogen and oxygen atoms in total. The van der Waals surface area contributed by atoms with Crippen molar-refractivity contribution in [2.75, 3.05) is 10.6 Å². The van der Waals surface area contributed by atoms with Crippen molar-refractivity contribution in [2.24, 2.45) is 7.05 Å². The van der Waals surface area contributed by atoms with E-state index in [1.165, 1.54) is 11.3 Å². The molecule has 3 heterocycles. The largest absolute Gasteiger partial charge is 0.344 e. The van der Waals surface area contributed by atoms with Crippen molar-refractivity contribution in [3.63, 3.8) is 0 Å². The van der Waals surface area contributed by atoms with Crippen LogP contribution >= 0.6 is 22.9 Å². The minimum atomic E-state index is -0.328. The minimum Gasteiger partial charge on any atom is -0.344 e. The molecule has 0 aromatic carbocycles. The average Bonchev–Trinajstić information content (AvgIpc) is 3.05. The molecule has 118 valence electrons. The Morgan fingerprint density at radius 2 is 2.22 bits per heavy atom. The number of carbonyl (C=O) groups excluding carboxylic acids is 1. The fourth-order valence-electron chi connectivity index (χ4n) is 1.93. The molecule has 0 spiro atoms. The van der Waals surface area contributed by atoms with Gasteiger partial charge in [-0.3, -0.25) is 14.5 Å². The lowest BCUT2D eigenvalue weighted by molar-refractivity contribution is 0.102. The SMILES string of the molecule is Cc1nc(C(=O)Nc2ccn(C)n2)c(Nc2cncc(Cl)c2)s1. The van der Waals surface area contributed by atoms with Crippen LogP contribution in [0, 0.1) is 6.92 Å². The molecule has 0 aliphatic carbocycles. The Labute approximate surface area is 141 Å². The Bertz CT molecular complexity index is 859. The fraction of sp³-hybridized carbons (Fsp3) is 0.143. The van der Waals surface area contributed by atoms with Crippen LogP contribution in [0.1, 0.15) is 15.5 Å². The van der Waals surface area contributed by atoms with Crippen molar-refractivity contribution >= 4 is 45.4 Å². The molecule has 0 atom stereocenters. The maximum atomic E-state index is 12.4. The van der Waals surface area contributed by atoms with Gasteiger partial charge in [0, 0.05) is 25.5 Å². The first-order valence-electron chi connectivity index (χ1n) is 6.67. The first kappa shape index (κ1) is 15.4. The smallest absolute Gasteiger partial charge is 0.278 e. The molecule has 3 rings (SSSR count). The normalized spacial score (nSPS) is 10.6. The van der Waals surface area contributed by atoms with E-state index < -0.39 is 0 Å². The number of anilines is 3. The molecule has 2 N–H and O–H groups in total. The summed E-state index contributed by atoms with van der Waals surface area (Å²) in [6, 6.07) is 3.44. The molecule has 23 heavy (non-hydrogen) atoms. The van der Waals surface area contributed by atoms with Gasteiger partial charge in [-0.25, -0.2) is 4.98 Å². The molecule has 0 fully saturated rings. The van der Waals surface area contributed by atoms with Gasteiger partial charge in [-0.05, 0) is 13.0 Å². The maximum absolute atomic E-state index is 12.4. The predicted molar refractivity (Wildman–Crippen MR) is 90.5 cm³/mol. The average molecular weight is 349 g/mol. The van der Waals surface area contributed by atoms with Gasteiger partial charge >= 0.3 is 0 Å². The molecule has 0 bridgehead atoms. The predicted octanol–water partition coefficient (Wildman–Crippen LogP) is 3.23. The van der Waals surface area contributed by atoms with Gasteiger partial charge in [-0.2, -0.15) is 5.10 Å². The number of carbonyl (C=O) groups is 1. The molecular weight excluding hydrogens is 336 g/mol. The lowest BCUT2D eigenvalue weighted by Gasteiger charge is -2.06. The van der Waals surface area contributed by atoms with Gasteiger partial charge < -0.3 is 10.6 Å². The van der Waals surface area contributed by atoms with Crippen molar-refractivity contribution < 1.29 is 4.79 Å². The highest BCUT2D eigenvalue weighted by atomic mass is 35.5. The quantitative estimate of drug-likeness (QED) is 0.756.